The van der Waals surface area contributed by atoms with Crippen LogP contribution in [0.2, 0.25) is 0 Å². The fraction of sp³-hybridized carbons (Fsp3) is 0.394. The average molecular weight is 579 g/mol. The zero-order valence-electron chi connectivity index (χ0n) is 23.6. The molecule has 1 saturated carbocycles. The van der Waals surface area contributed by atoms with Crippen molar-refractivity contribution in [3.8, 4) is 11.1 Å². The predicted molar refractivity (Wildman–Crippen MR) is 156 cm³/mol. The SMILES string of the molecule is [C-]#[N+]c1cccc(-c2ccc(C3(N(C)CC(=O)Nc4ccc(F)c(C(F)(F)F)c4)CCN(C4CCCC4)CC3)cc2)c1. The molecule has 3 aromatic rings. The summed E-state index contributed by atoms with van der Waals surface area (Å²) in [6.45, 7) is 9.04. The van der Waals surface area contributed by atoms with Gasteiger partial charge in [-0.15, -0.1) is 0 Å². The van der Waals surface area contributed by atoms with Gasteiger partial charge in [0.1, 0.15) is 5.82 Å². The molecule has 1 saturated heterocycles. The molecular formula is C33H34F4N4O. The van der Waals surface area contributed by atoms with Crippen LogP contribution in [-0.2, 0) is 16.5 Å². The first kappa shape index (κ1) is 29.7. The van der Waals surface area contributed by atoms with Crippen molar-refractivity contribution in [1.82, 2.24) is 9.80 Å². The molecule has 0 aromatic heterocycles. The number of nitrogens with one attached hydrogen (secondary N) is 1. The number of carbonyl (C=O) groups is 1. The molecule has 0 radical (unpaired) electrons. The van der Waals surface area contributed by atoms with Gasteiger partial charge in [0.15, 0.2) is 5.69 Å². The van der Waals surface area contributed by atoms with E-state index in [-0.39, 0.29) is 12.2 Å². The first-order valence-corrected chi connectivity index (χ1v) is 14.3. The quantitative estimate of drug-likeness (QED) is 0.229. The molecule has 1 aliphatic carbocycles. The molecule has 0 atom stereocenters. The van der Waals surface area contributed by atoms with E-state index in [1.54, 1.807) is 6.07 Å². The third-order valence-electron chi connectivity index (χ3n) is 8.86. The molecule has 1 aliphatic heterocycles. The number of hydrogen-bond donors (Lipinski definition) is 1. The van der Waals surface area contributed by atoms with E-state index in [0.717, 1.165) is 54.8 Å². The van der Waals surface area contributed by atoms with Gasteiger partial charge < -0.3 is 10.2 Å². The first-order valence-electron chi connectivity index (χ1n) is 14.3. The van der Waals surface area contributed by atoms with Crippen molar-refractivity contribution in [1.29, 1.82) is 0 Å². The molecule has 5 nitrogen and oxygen atoms in total. The summed E-state index contributed by atoms with van der Waals surface area (Å²) in [7, 11) is 1.88. The highest BCUT2D eigenvalue weighted by atomic mass is 19.4. The van der Waals surface area contributed by atoms with E-state index in [0.29, 0.717) is 17.8 Å². The van der Waals surface area contributed by atoms with Crippen LogP contribution in [0.15, 0.2) is 66.7 Å². The Morgan fingerprint density at radius 1 is 1.02 bits per heavy atom. The Labute approximate surface area is 244 Å². The average Bonchev–Trinajstić information content (AvgIpc) is 3.53. The number of nitrogens with zero attached hydrogens (tertiary/aromatic N) is 3. The van der Waals surface area contributed by atoms with Gasteiger partial charge in [0.25, 0.3) is 0 Å². The van der Waals surface area contributed by atoms with Crippen molar-refractivity contribution in [3.63, 3.8) is 0 Å². The Morgan fingerprint density at radius 3 is 2.36 bits per heavy atom. The predicted octanol–water partition coefficient (Wildman–Crippen LogP) is 7.87. The number of rotatable bonds is 7. The van der Waals surface area contributed by atoms with Gasteiger partial charge in [0.2, 0.25) is 5.91 Å². The van der Waals surface area contributed by atoms with Crippen LogP contribution in [0.3, 0.4) is 0 Å². The van der Waals surface area contributed by atoms with Crippen LogP contribution >= 0.6 is 0 Å². The third kappa shape index (κ3) is 6.35. The number of piperidine rings is 1. The van der Waals surface area contributed by atoms with Crippen molar-refractivity contribution >= 4 is 17.3 Å². The second-order valence-electron chi connectivity index (χ2n) is 11.3. The van der Waals surface area contributed by atoms with Crippen molar-refractivity contribution in [2.24, 2.45) is 0 Å². The normalized spacial score (nSPS) is 17.7. The van der Waals surface area contributed by atoms with E-state index in [1.807, 2.05) is 42.3 Å². The highest BCUT2D eigenvalue weighted by Gasteiger charge is 2.42. The summed E-state index contributed by atoms with van der Waals surface area (Å²) in [6, 6.07) is 18.8. The molecule has 0 unspecified atom stereocenters. The van der Waals surface area contributed by atoms with Gasteiger partial charge in [0.05, 0.1) is 18.7 Å². The Kier molecular flexibility index (Phi) is 8.67. The maximum atomic E-state index is 13.8. The van der Waals surface area contributed by atoms with Crippen LogP contribution in [0.1, 0.15) is 49.7 Å². The zero-order valence-corrected chi connectivity index (χ0v) is 23.6. The van der Waals surface area contributed by atoms with Gasteiger partial charge in [0, 0.05) is 30.4 Å². The van der Waals surface area contributed by atoms with Gasteiger partial charge in [-0.2, -0.15) is 13.2 Å². The van der Waals surface area contributed by atoms with Crippen molar-refractivity contribution in [3.05, 3.63) is 95.1 Å². The second-order valence-corrected chi connectivity index (χ2v) is 11.3. The standard InChI is InChI=1S/C33H34F4N4O/c1-38-26-7-5-6-24(20-26)23-10-12-25(13-11-23)32(16-18-41(19-17-32)28-8-3-4-9-28)40(2)22-31(42)39-27-14-15-30(34)29(21-27)33(35,36)37/h5-7,10-15,20-21,28H,3-4,8-9,16-19,22H2,2H3,(H,39,42). The molecule has 1 heterocycles. The summed E-state index contributed by atoms with van der Waals surface area (Å²) in [5.41, 5.74) is 1.61. The lowest BCUT2D eigenvalue weighted by molar-refractivity contribution is -0.140. The van der Waals surface area contributed by atoms with E-state index in [9.17, 15) is 22.4 Å². The minimum atomic E-state index is -4.86. The number of benzene rings is 3. The lowest BCUT2D eigenvalue weighted by Gasteiger charge is -2.49. The van der Waals surface area contributed by atoms with E-state index < -0.39 is 29.0 Å². The fourth-order valence-electron chi connectivity index (χ4n) is 6.53. The minimum absolute atomic E-state index is 0.0447. The Bertz CT molecular complexity index is 1450. The van der Waals surface area contributed by atoms with Crippen LogP contribution in [0.4, 0.5) is 28.9 Å². The molecule has 9 heteroatoms. The van der Waals surface area contributed by atoms with E-state index in [1.165, 1.54) is 25.7 Å². The molecule has 2 fully saturated rings. The molecule has 42 heavy (non-hydrogen) atoms. The highest BCUT2D eigenvalue weighted by Crippen LogP contribution is 2.41. The van der Waals surface area contributed by atoms with Gasteiger partial charge in [-0.05, 0) is 73.7 Å². The van der Waals surface area contributed by atoms with Gasteiger partial charge in [-0.3, -0.25) is 9.69 Å². The molecule has 2 aliphatic rings. The minimum Gasteiger partial charge on any atom is -0.325 e. The number of likely N-dealkylation sites (tertiary alicyclic amines) is 1. The highest BCUT2D eigenvalue weighted by molar-refractivity contribution is 5.92. The van der Waals surface area contributed by atoms with Crippen LogP contribution in [0.5, 0.6) is 0 Å². The monoisotopic (exact) mass is 578 g/mol. The van der Waals surface area contributed by atoms with Crippen molar-refractivity contribution in [2.75, 3.05) is 32.0 Å². The smallest absolute Gasteiger partial charge is 0.325 e. The lowest BCUT2D eigenvalue weighted by Crippen LogP contribution is -2.54. The molecule has 0 spiro atoms. The molecule has 1 N–H and O–H groups in total. The fourth-order valence-corrected chi connectivity index (χ4v) is 6.53. The van der Waals surface area contributed by atoms with E-state index in [2.05, 4.69) is 27.2 Å². The summed E-state index contributed by atoms with van der Waals surface area (Å²) in [5, 5.41) is 2.53. The summed E-state index contributed by atoms with van der Waals surface area (Å²) in [5.74, 6) is -1.85. The molecule has 5 rings (SSSR count). The first-order chi connectivity index (χ1) is 20.1. The van der Waals surface area contributed by atoms with Crippen LogP contribution < -0.4 is 5.32 Å². The summed E-state index contributed by atoms with van der Waals surface area (Å²) in [4.78, 5) is 21.2. The van der Waals surface area contributed by atoms with E-state index >= 15 is 0 Å². The lowest BCUT2D eigenvalue weighted by atomic mass is 9.78. The zero-order chi connectivity index (χ0) is 29.9. The Morgan fingerprint density at radius 2 is 1.71 bits per heavy atom. The summed E-state index contributed by atoms with van der Waals surface area (Å²) >= 11 is 0. The van der Waals surface area contributed by atoms with E-state index in [4.69, 9.17) is 6.57 Å². The Hall–Kier alpha value is -3.74. The molecular weight excluding hydrogens is 544 g/mol. The van der Waals surface area contributed by atoms with Crippen LogP contribution in [0.25, 0.3) is 16.0 Å². The van der Waals surface area contributed by atoms with Gasteiger partial charge >= 0.3 is 6.18 Å². The van der Waals surface area contributed by atoms with Gasteiger partial charge in [-0.25, -0.2) is 9.24 Å². The topological polar surface area (TPSA) is 39.9 Å². The molecule has 3 aromatic carbocycles. The van der Waals surface area contributed by atoms with Gasteiger partial charge in [-0.1, -0.05) is 55.3 Å². The molecule has 1 amide bonds. The summed E-state index contributed by atoms with van der Waals surface area (Å²) < 4.78 is 53.3. The third-order valence-corrected chi connectivity index (χ3v) is 8.86. The number of alkyl halides is 3. The van der Waals surface area contributed by atoms with Crippen LogP contribution in [0, 0.1) is 12.4 Å². The number of carbonyl (C=O) groups excluding carboxylic acids is 1. The Balaban J connectivity index is 1.37. The van der Waals surface area contributed by atoms with Crippen LogP contribution in [-0.4, -0.2) is 48.4 Å². The van der Waals surface area contributed by atoms with Crippen molar-refractivity contribution in [2.45, 2.75) is 56.3 Å². The number of amides is 1. The largest absolute Gasteiger partial charge is 0.419 e. The second kappa shape index (κ2) is 12.2. The van der Waals surface area contributed by atoms with Crippen molar-refractivity contribution < 1.29 is 22.4 Å². The number of halogens is 4. The number of hydrogen-bond acceptors (Lipinski definition) is 3. The maximum absolute atomic E-state index is 13.8. The maximum Gasteiger partial charge on any atom is 0.419 e. The molecule has 220 valence electrons. The summed E-state index contributed by atoms with van der Waals surface area (Å²) in [6.07, 6.45) is 1.66. The molecule has 0 bridgehead atoms. The number of likely N-dealkylation sites (N-methyl/N-ethyl adjacent to an activating group) is 1. The number of anilines is 1.